The van der Waals surface area contributed by atoms with Gasteiger partial charge in [-0.3, -0.25) is 9.69 Å². The molecule has 3 amide bonds. The summed E-state index contributed by atoms with van der Waals surface area (Å²) in [6.07, 6.45) is 3.08. The van der Waals surface area contributed by atoms with E-state index < -0.39 is 11.6 Å². The molecule has 5 nitrogen and oxygen atoms in total. The summed E-state index contributed by atoms with van der Waals surface area (Å²) in [5.74, 6) is 0.383. The second kappa shape index (κ2) is 5.21. The van der Waals surface area contributed by atoms with Crippen LogP contribution in [0.15, 0.2) is 24.3 Å². The number of hydrogen-bond donors (Lipinski definition) is 2. The van der Waals surface area contributed by atoms with Crippen molar-refractivity contribution in [1.82, 2.24) is 10.2 Å². The van der Waals surface area contributed by atoms with Gasteiger partial charge in [-0.15, -0.1) is 0 Å². The number of amides is 3. The Morgan fingerprint density at radius 2 is 1.74 bits per heavy atom. The lowest BCUT2D eigenvalue weighted by atomic mass is 9.87. The predicted molar refractivity (Wildman–Crippen MR) is 84.8 cm³/mol. The molecule has 1 aromatic carbocycles. The summed E-state index contributed by atoms with van der Waals surface area (Å²) >= 11 is 5.84. The molecule has 2 saturated carbocycles. The van der Waals surface area contributed by atoms with Crippen LogP contribution in [0.1, 0.15) is 37.4 Å². The Kier molecular flexibility index (Phi) is 3.39. The average molecular weight is 335 g/mol. The third kappa shape index (κ3) is 2.42. The number of imide groups is 1. The Morgan fingerprint density at radius 1 is 1.17 bits per heavy atom. The van der Waals surface area contributed by atoms with Gasteiger partial charge in [-0.1, -0.05) is 23.7 Å². The Balaban J connectivity index is 1.53. The largest absolute Gasteiger partial charge is 0.387 e. The summed E-state index contributed by atoms with van der Waals surface area (Å²) in [7, 11) is 0. The standard InChI is InChI=1S/C17H19ClN2O3/c18-13-7-1-10(2-8-13)14(21)9-20-15(22)17(11-3-4-11,12-5-6-12)19-16(20)23/h1-2,7-8,11-12,14,21H,3-6,9H2,(H,19,23). The number of carbonyl (C=O) groups is 2. The number of nitrogens with one attached hydrogen (secondary N) is 1. The Hall–Kier alpha value is -1.59. The number of aliphatic hydroxyl groups excluding tert-OH is 1. The molecule has 1 unspecified atom stereocenters. The number of β-amino-alcohol motifs (C(OH)–C–C–N with tert-alkyl or cyclic N) is 1. The third-order valence-corrected chi connectivity index (χ3v) is 5.46. The molecule has 23 heavy (non-hydrogen) atoms. The van der Waals surface area contributed by atoms with Gasteiger partial charge in [0.15, 0.2) is 0 Å². The fourth-order valence-electron chi connectivity index (χ4n) is 3.71. The topological polar surface area (TPSA) is 69.6 Å². The normalized spacial score (nSPS) is 24.7. The fraction of sp³-hybridized carbons (Fsp3) is 0.529. The summed E-state index contributed by atoms with van der Waals surface area (Å²) in [4.78, 5) is 26.5. The van der Waals surface area contributed by atoms with Gasteiger partial charge in [-0.2, -0.15) is 0 Å². The van der Waals surface area contributed by atoms with Crippen LogP contribution in [0.4, 0.5) is 4.79 Å². The van der Waals surface area contributed by atoms with E-state index in [2.05, 4.69) is 5.32 Å². The molecule has 0 spiro atoms. The quantitative estimate of drug-likeness (QED) is 0.813. The highest BCUT2D eigenvalue weighted by Crippen LogP contribution is 2.54. The maximum absolute atomic E-state index is 12.9. The second-order valence-electron chi connectivity index (χ2n) is 6.83. The van der Waals surface area contributed by atoms with Crippen LogP contribution in [0, 0.1) is 11.8 Å². The molecule has 0 bridgehead atoms. The molecule has 3 aliphatic rings. The van der Waals surface area contributed by atoms with Gasteiger partial charge in [0, 0.05) is 5.02 Å². The van der Waals surface area contributed by atoms with E-state index in [-0.39, 0.29) is 30.3 Å². The van der Waals surface area contributed by atoms with Crippen molar-refractivity contribution >= 4 is 23.5 Å². The van der Waals surface area contributed by atoms with Crippen molar-refractivity contribution in [2.45, 2.75) is 37.3 Å². The van der Waals surface area contributed by atoms with Crippen LogP contribution in [0.25, 0.3) is 0 Å². The molecule has 4 rings (SSSR count). The lowest BCUT2D eigenvalue weighted by Crippen LogP contribution is -2.51. The number of halogens is 1. The minimum absolute atomic E-state index is 0.0203. The molecule has 1 saturated heterocycles. The van der Waals surface area contributed by atoms with Gasteiger partial charge in [0.2, 0.25) is 0 Å². The monoisotopic (exact) mass is 334 g/mol. The molecule has 0 radical (unpaired) electrons. The molecular formula is C17H19ClN2O3. The molecule has 1 heterocycles. The number of hydrogen-bond acceptors (Lipinski definition) is 3. The molecule has 122 valence electrons. The zero-order chi connectivity index (χ0) is 16.2. The fourth-order valence-corrected chi connectivity index (χ4v) is 3.83. The van der Waals surface area contributed by atoms with Gasteiger partial charge in [0.25, 0.3) is 5.91 Å². The average Bonchev–Trinajstić information content (AvgIpc) is 3.42. The van der Waals surface area contributed by atoms with Crippen LogP contribution in [-0.2, 0) is 4.79 Å². The van der Waals surface area contributed by atoms with Gasteiger partial charge in [0.05, 0.1) is 12.6 Å². The number of nitrogens with zero attached hydrogens (tertiary/aromatic N) is 1. The Labute approximate surface area is 139 Å². The zero-order valence-corrected chi connectivity index (χ0v) is 13.4. The molecule has 1 aromatic rings. The molecule has 2 aliphatic carbocycles. The van der Waals surface area contributed by atoms with E-state index in [1.165, 1.54) is 4.90 Å². The summed E-state index contributed by atoms with van der Waals surface area (Å²) in [5, 5.41) is 13.9. The molecular weight excluding hydrogens is 316 g/mol. The van der Waals surface area contributed by atoms with Crippen molar-refractivity contribution in [3.05, 3.63) is 34.9 Å². The second-order valence-corrected chi connectivity index (χ2v) is 7.27. The zero-order valence-electron chi connectivity index (χ0n) is 12.7. The highest BCUT2D eigenvalue weighted by atomic mass is 35.5. The van der Waals surface area contributed by atoms with Gasteiger partial charge >= 0.3 is 6.03 Å². The van der Waals surface area contributed by atoms with Crippen molar-refractivity contribution in [1.29, 1.82) is 0 Å². The maximum atomic E-state index is 12.9. The smallest absolute Gasteiger partial charge is 0.325 e. The van der Waals surface area contributed by atoms with E-state index in [1.54, 1.807) is 24.3 Å². The molecule has 0 aromatic heterocycles. The lowest BCUT2D eigenvalue weighted by Gasteiger charge is -2.27. The van der Waals surface area contributed by atoms with Gasteiger partial charge < -0.3 is 10.4 Å². The van der Waals surface area contributed by atoms with E-state index in [1.807, 2.05) is 0 Å². The van der Waals surface area contributed by atoms with Crippen LogP contribution in [0.5, 0.6) is 0 Å². The van der Waals surface area contributed by atoms with Crippen LogP contribution in [0.3, 0.4) is 0 Å². The minimum Gasteiger partial charge on any atom is -0.387 e. The summed E-state index contributed by atoms with van der Waals surface area (Å²) in [6, 6.07) is 6.41. The molecule has 6 heteroatoms. The Morgan fingerprint density at radius 3 is 2.26 bits per heavy atom. The van der Waals surface area contributed by atoms with Crippen LogP contribution >= 0.6 is 11.6 Å². The summed E-state index contributed by atoms with van der Waals surface area (Å²) in [6.45, 7) is -0.0203. The highest BCUT2D eigenvalue weighted by Gasteiger charge is 2.65. The summed E-state index contributed by atoms with van der Waals surface area (Å²) < 4.78 is 0. The van der Waals surface area contributed by atoms with Crippen molar-refractivity contribution in [2.75, 3.05) is 6.54 Å². The SMILES string of the molecule is O=C1NC(C2CC2)(C2CC2)C(=O)N1CC(O)c1ccc(Cl)cc1. The van der Waals surface area contributed by atoms with Crippen LogP contribution < -0.4 is 5.32 Å². The first kappa shape index (κ1) is 15.0. The van der Waals surface area contributed by atoms with E-state index in [0.29, 0.717) is 10.6 Å². The van der Waals surface area contributed by atoms with Gasteiger partial charge in [-0.05, 0) is 55.2 Å². The molecule has 1 atom stereocenters. The Bertz CT molecular complexity index is 640. The summed E-state index contributed by atoms with van der Waals surface area (Å²) in [5.41, 5.74) is -0.0538. The third-order valence-electron chi connectivity index (χ3n) is 5.21. The first-order valence-corrected chi connectivity index (χ1v) is 8.48. The van der Waals surface area contributed by atoms with Gasteiger partial charge in [0.1, 0.15) is 5.54 Å². The van der Waals surface area contributed by atoms with E-state index in [9.17, 15) is 14.7 Å². The molecule has 3 fully saturated rings. The number of aliphatic hydroxyl groups is 1. The van der Waals surface area contributed by atoms with E-state index in [0.717, 1.165) is 25.7 Å². The molecule has 1 aliphatic heterocycles. The van der Waals surface area contributed by atoms with E-state index >= 15 is 0 Å². The van der Waals surface area contributed by atoms with Crippen molar-refractivity contribution in [2.24, 2.45) is 11.8 Å². The maximum Gasteiger partial charge on any atom is 0.325 e. The number of benzene rings is 1. The number of carbonyl (C=O) groups excluding carboxylic acids is 2. The predicted octanol–water partition coefficient (Wildman–Crippen LogP) is 2.48. The first-order valence-electron chi connectivity index (χ1n) is 8.10. The van der Waals surface area contributed by atoms with Crippen LogP contribution in [0.2, 0.25) is 5.02 Å². The van der Waals surface area contributed by atoms with Crippen LogP contribution in [-0.4, -0.2) is 34.0 Å². The van der Waals surface area contributed by atoms with Gasteiger partial charge in [-0.25, -0.2) is 4.79 Å². The first-order chi connectivity index (χ1) is 11.0. The molecule has 2 N–H and O–H groups in total. The number of rotatable bonds is 5. The minimum atomic E-state index is -0.906. The number of urea groups is 1. The van der Waals surface area contributed by atoms with Crippen molar-refractivity contribution < 1.29 is 14.7 Å². The van der Waals surface area contributed by atoms with Crippen molar-refractivity contribution in [3.63, 3.8) is 0 Å². The lowest BCUT2D eigenvalue weighted by molar-refractivity contribution is -0.133. The van der Waals surface area contributed by atoms with Crippen molar-refractivity contribution in [3.8, 4) is 0 Å². The highest BCUT2D eigenvalue weighted by molar-refractivity contribution is 6.30. The van der Waals surface area contributed by atoms with E-state index in [4.69, 9.17) is 11.6 Å².